The van der Waals surface area contributed by atoms with E-state index in [9.17, 15) is 4.79 Å². The Labute approximate surface area is 109 Å². The molecule has 18 heavy (non-hydrogen) atoms. The van der Waals surface area contributed by atoms with Crippen molar-refractivity contribution in [1.82, 2.24) is 0 Å². The van der Waals surface area contributed by atoms with Gasteiger partial charge in [-0.15, -0.1) is 0 Å². The second-order valence-corrected chi connectivity index (χ2v) is 4.51. The van der Waals surface area contributed by atoms with Gasteiger partial charge in [0.05, 0.1) is 6.61 Å². The van der Waals surface area contributed by atoms with Crippen LogP contribution in [-0.2, 0) is 4.79 Å². The number of hydrogen-bond acceptors (Lipinski definition) is 3. The lowest BCUT2D eigenvalue weighted by molar-refractivity contribution is -0.116. The fraction of sp³-hybridized carbons (Fsp3) is 0.500. The standard InChI is InChI=1S/C14H22N2O2/c1-4-18-13-6-5-12(8-11(13)3)16-14(17)7-10(2)9-15/h5-6,8,10H,4,7,9,15H2,1-3H3,(H,16,17). The first kappa shape index (κ1) is 14.5. The Kier molecular flexibility index (Phi) is 5.65. The Hall–Kier alpha value is -1.55. The van der Waals surface area contributed by atoms with E-state index in [1.165, 1.54) is 0 Å². The van der Waals surface area contributed by atoms with E-state index in [-0.39, 0.29) is 11.8 Å². The number of ether oxygens (including phenoxy) is 1. The SMILES string of the molecule is CCOc1ccc(NC(=O)CC(C)CN)cc1C. The van der Waals surface area contributed by atoms with Crippen LogP contribution in [-0.4, -0.2) is 19.1 Å². The molecule has 4 heteroatoms. The summed E-state index contributed by atoms with van der Waals surface area (Å²) in [6.07, 6.45) is 0.447. The summed E-state index contributed by atoms with van der Waals surface area (Å²) in [4.78, 5) is 11.7. The number of carbonyl (C=O) groups is 1. The van der Waals surface area contributed by atoms with Crippen LogP contribution in [0.3, 0.4) is 0 Å². The average Bonchev–Trinajstić information content (AvgIpc) is 2.32. The largest absolute Gasteiger partial charge is 0.494 e. The molecule has 0 heterocycles. The van der Waals surface area contributed by atoms with Crippen molar-refractivity contribution in [2.45, 2.75) is 27.2 Å². The molecule has 1 atom stereocenters. The van der Waals surface area contributed by atoms with E-state index in [1.807, 2.05) is 39.0 Å². The van der Waals surface area contributed by atoms with Crippen molar-refractivity contribution < 1.29 is 9.53 Å². The molecule has 0 bridgehead atoms. The van der Waals surface area contributed by atoms with Crippen LogP contribution in [0.25, 0.3) is 0 Å². The van der Waals surface area contributed by atoms with Gasteiger partial charge in [-0.3, -0.25) is 4.79 Å². The molecule has 1 amide bonds. The first-order valence-corrected chi connectivity index (χ1v) is 6.30. The maximum absolute atomic E-state index is 11.7. The summed E-state index contributed by atoms with van der Waals surface area (Å²) >= 11 is 0. The summed E-state index contributed by atoms with van der Waals surface area (Å²) in [7, 11) is 0. The van der Waals surface area contributed by atoms with Crippen molar-refractivity contribution in [3.05, 3.63) is 23.8 Å². The Morgan fingerprint density at radius 2 is 2.22 bits per heavy atom. The topological polar surface area (TPSA) is 64.3 Å². The highest BCUT2D eigenvalue weighted by Crippen LogP contribution is 2.22. The molecule has 1 aromatic rings. The van der Waals surface area contributed by atoms with Gasteiger partial charge in [-0.05, 0) is 50.1 Å². The lowest BCUT2D eigenvalue weighted by atomic mass is 10.1. The van der Waals surface area contributed by atoms with Gasteiger partial charge >= 0.3 is 0 Å². The average molecular weight is 250 g/mol. The van der Waals surface area contributed by atoms with Crippen molar-refractivity contribution in [2.75, 3.05) is 18.5 Å². The van der Waals surface area contributed by atoms with Gasteiger partial charge in [0.25, 0.3) is 0 Å². The van der Waals surface area contributed by atoms with Gasteiger partial charge in [-0.2, -0.15) is 0 Å². The molecule has 0 fully saturated rings. The number of anilines is 1. The van der Waals surface area contributed by atoms with Crippen molar-refractivity contribution in [2.24, 2.45) is 11.7 Å². The van der Waals surface area contributed by atoms with E-state index in [2.05, 4.69) is 5.32 Å². The number of nitrogens with one attached hydrogen (secondary N) is 1. The first-order valence-electron chi connectivity index (χ1n) is 6.30. The van der Waals surface area contributed by atoms with Crippen LogP contribution in [0.4, 0.5) is 5.69 Å². The summed E-state index contributed by atoms with van der Waals surface area (Å²) in [5, 5.41) is 2.87. The zero-order valence-electron chi connectivity index (χ0n) is 11.3. The van der Waals surface area contributed by atoms with E-state index in [0.29, 0.717) is 19.6 Å². The van der Waals surface area contributed by atoms with E-state index in [4.69, 9.17) is 10.5 Å². The highest BCUT2D eigenvalue weighted by molar-refractivity contribution is 5.91. The first-order chi connectivity index (χ1) is 8.56. The maximum Gasteiger partial charge on any atom is 0.224 e. The summed E-state index contributed by atoms with van der Waals surface area (Å²) in [6, 6.07) is 5.64. The molecule has 1 unspecified atom stereocenters. The zero-order chi connectivity index (χ0) is 13.5. The summed E-state index contributed by atoms with van der Waals surface area (Å²) < 4.78 is 5.45. The normalized spacial score (nSPS) is 12.0. The van der Waals surface area contributed by atoms with Crippen molar-refractivity contribution in [3.63, 3.8) is 0 Å². The molecule has 0 saturated heterocycles. The minimum Gasteiger partial charge on any atom is -0.494 e. The van der Waals surface area contributed by atoms with Crippen LogP contribution in [0.2, 0.25) is 0 Å². The quantitative estimate of drug-likeness (QED) is 0.814. The van der Waals surface area contributed by atoms with Gasteiger partial charge in [0, 0.05) is 12.1 Å². The van der Waals surface area contributed by atoms with Crippen molar-refractivity contribution >= 4 is 11.6 Å². The lowest BCUT2D eigenvalue weighted by Gasteiger charge is -2.11. The van der Waals surface area contributed by atoms with E-state index in [0.717, 1.165) is 17.0 Å². The van der Waals surface area contributed by atoms with Crippen LogP contribution in [0, 0.1) is 12.8 Å². The zero-order valence-corrected chi connectivity index (χ0v) is 11.3. The van der Waals surface area contributed by atoms with Gasteiger partial charge in [-0.1, -0.05) is 6.92 Å². The number of rotatable bonds is 6. The Morgan fingerprint density at radius 3 is 2.78 bits per heavy atom. The molecule has 100 valence electrons. The molecule has 1 rings (SSSR count). The number of benzene rings is 1. The summed E-state index contributed by atoms with van der Waals surface area (Å²) in [5.74, 6) is 1.05. The molecule has 0 aliphatic heterocycles. The molecule has 1 aromatic carbocycles. The number of hydrogen-bond donors (Lipinski definition) is 2. The third-order valence-corrected chi connectivity index (χ3v) is 2.69. The molecule has 0 aromatic heterocycles. The van der Waals surface area contributed by atoms with E-state index < -0.39 is 0 Å². The number of carbonyl (C=O) groups excluding carboxylic acids is 1. The lowest BCUT2D eigenvalue weighted by Crippen LogP contribution is -2.20. The predicted molar refractivity (Wildman–Crippen MR) is 73.8 cm³/mol. The Balaban J connectivity index is 2.63. The molecule has 3 N–H and O–H groups in total. The van der Waals surface area contributed by atoms with Crippen LogP contribution in [0.5, 0.6) is 5.75 Å². The van der Waals surface area contributed by atoms with E-state index in [1.54, 1.807) is 0 Å². The predicted octanol–water partition coefficient (Wildman–Crippen LogP) is 2.32. The Bertz CT molecular complexity index is 405. The minimum absolute atomic E-state index is 0.00323. The highest BCUT2D eigenvalue weighted by atomic mass is 16.5. The monoisotopic (exact) mass is 250 g/mol. The third-order valence-electron chi connectivity index (χ3n) is 2.69. The van der Waals surface area contributed by atoms with Crippen molar-refractivity contribution in [1.29, 1.82) is 0 Å². The van der Waals surface area contributed by atoms with Crippen LogP contribution in [0.15, 0.2) is 18.2 Å². The van der Waals surface area contributed by atoms with Gasteiger partial charge in [0.2, 0.25) is 5.91 Å². The van der Waals surface area contributed by atoms with Crippen LogP contribution >= 0.6 is 0 Å². The fourth-order valence-electron chi connectivity index (χ4n) is 1.66. The smallest absolute Gasteiger partial charge is 0.224 e. The second-order valence-electron chi connectivity index (χ2n) is 4.51. The van der Waals surface area contributed by atoms with Gasteiger partial charge in [-0.25, -0.2) is 0 Å². The van der Waals surface area contributed by atoms with Crippen LogP contribution < -0.4 is 15.8 Å². The van der Waals surface area contributed by atoms with Gasteiger partial charge < -0.3 is 15.8 Å². The molecule has 0 saturated carbocycles. The van der Waals surface area contributed by atoms with Crippen molar-refractivity contribution in [3.8, 4) is 5.75 Å². The molecule has 0 aliphatic rings. The minimum atomic E-state index is -0.00323. The molecule has 0 spiro atoms. The number of aryl methyl sites for hydroxylation is 1. The maximum atomic E-state index is 11.7. The molecule has 0 aliphatic carbocycles. The van der Waals surface area contributed by atoms with Gasteiger partial charge in [0.15, 0.2) is 0 Å². The third kappa shape index (κ3) is 4.37. The molecular formula is C14H22N2O2. The molecular weight excluding hydrogens is 228 g/mol. The van der Waals surface area contributed by atoms with E-state index >= 15 is 0 Å². The number of nitrogens with two attached hydrogens (primary N) is 1. The number of amides is 1. The van der Waals surface area contributed by atoms with Crippen LogP contribution in [0.1, 0.15) is 25.8 Å². The summed E-state index contributed by atoms with van der Waals surface area (Å²) in [5.41, 5.74) is 7.31. The summed E-state index contributed by atoms with van der Waals surface area (Å²) in [6.45, 7) is 7.03. The van der Waals surface area contributed by atoms with Gasteiger partial charge in [0.1, 0.15) is 5.75 Å². The Morgan fingerprint density at radius 1 is 1.50 bits per heavy atom. The fourth-order valence-corrected chi connectivity index (χ4v) is 1.66. The molecule has 0 radical (unpaired) electrons. The highest BCUT2D eigenvalue weighted by Gasteiger charge is 2.08. The molecule has 4 nitrogen and oxygen atoms in total. The second kappa shape index (κ2) is 7.01.